The molecule has 110 valence electrons. The van der Waals surface area contributed by atoms with E-state index in [0.29, 0.717) is 30.0 Å². The number of hydrogen-bond acceptors (Lipinski definition) is 4. The number of carbonyl (C=O) groups is 1. The fourth-order valence-corrected chi connectivity index (χ4v) is 3.58. The Morgan fingerprint density at radius 3 is 2.95 bits per heavy atom. The molecule has 2 fully saturated rings. The number of halogens is 1. The molecule has 5 nitrogen and oxygen atoms in total. The van der Waals surface area contributed by atoms with Gasteiger partial charge in [0.05, 0.1) is 30.9 Å². The highest BCUT2D eigenvalue weighted by molar-refractivity contribution is 9.10. The molecule has 1 saturated carbocycles. The van der Waals surface area contributed by atoms with Crippen LogP contribution in [0.5, 0.6) is 0 Å². The van der Waals surface area contributed by atoms with Gasteiger partial charge in [-0.3, -0.25) is 4.79 Å². The van der Waals surface area contributed by atoms with Gasteiger partial charge < -0.3 is 19.2 Å². The van der Waals surface area contributed by atoms with E-state index in [1.54, 1.807) is 6.07 Å². The van der Waals surface area contributed by atoms with Gasteiger partial charge in [-0.05, 0) is 28.8 Å². The predicted molar refractivity (Wildman–Crippen MR) is 75.4 cm³/mol. The molecule has 0 radical (unpaired) electrons. The lowest BCUT2D eigenvalue weighted by Gasteiger charge is -2.39. The van der Waals surface area contributed by atoms with Crippen LogP contribution < -0.4 is 0 Å². The van der Waals surface area contributed by atoms with Gasteiger partial charge in [0.1, 0.15) is 6.26 Å². The van der Waals surface area contributed by atoms with Gasteiger partial charge in [-0.1, -0.05) is 6.42 Å². The molecule has 3 unspecified atom stereocenters. The molecule has 1 aromatic heterocycles. The Balaban J connectivity index is 1.79. The number of carbonyl (C=O) groups excluding carboxylic acids is 1. The first-order chi connectivity index (χ1) is 9.66. The number of hydrogen-bond donors (Lipinski definition) is 1. The summed E-state index contributed by atoms with van der Waals surface area (Å²) in [5.74, 6) is 0.0708. The maximum Gasteiger partial charge on any atom is 0.257 e. The van der Waals surface area contributed by atoms with E-state index in [2.05, 4.69) is 15.9 Å². The van der Waals surface area contributed by atoms with Crippen LogP contribution in [0, 0.1) is 5.92 Å². The summed E-state index contributed by atoms with van der Waals surface area (Å²) < 4.78 is 11.2. The molecule has 6 heteroatoms. The molecule has 20 heavy (non-hydrogen) atoms. The largest absolute Gasteiger partial charge is 0.457 e. The molecule has 1 aromatic rings. The standard InChI is InChI=1S/C14H18BrNO4/c15-13-6-9(7-20-13)14(18)16-4-5-19-8-11(16)10-2-1-3-12(10)17/h6-7,10-12,17H,1-5,8H2. The Hall–Kier alpha value is -0.850. The van der Waals surface area contributed by atoms with Crippen LogP contribution in [-0.2, 0) is 4.74 Å². The maximum absolute atomic E-state index is 12.6. The summed E-state index contributed by atoms with van der Waals surface area (Å²) in [5.41, 5.74) is 0.538. The zero-order chi connectivity index (χ0) is 14.1. The first kappa shape index (κ1) is 14.1. The molecule has 2 heterocycles. The van der Waals surface area contributed by atoms with E-state index >= 15 is 0 Å². The van der Waals surface area contributed by atoms with Gasteiger partial charge in [0.25, 0.3) is 5.91 Å². The molecule has 1 saturated heterocycles. The topological polar surface area (TPSA) is 62.9 Å². The molecular weight excluding hydrogens is 326 g/mol. The Bertz CT molecular complexity index is 489. The molecule has 2 aliphatic rings. The zero-order valence-electron chi connectivity index (χ0n) is 11.1. The second kappa shape index (κ2) is 5.87. The van der Waals surface area contributed by atoms with Gasteiger partial charge in [0.2, 0.25) is 0 Å². The van der Waals surface area contributed by atoms with Crippen molar-refractivity contribution >= 4 is 21.8 Å². The van der Waals surface area contributed by atoms with Gasteiger partial charge in [0, 0.05) is 18.5 Å². The minimum atomic E-state index is -0.326. The highest BCUT2D eigenvalue weighted by Gasteiger charge is 2.39. The number of morpholine rings is 1. The molecule has 0 aromatic carbocycles. The van der Waals surface area contributed by atoms with Crippen molar-refractivity contribution in [3.63, 3.8) is 0 Å². The normalized spacial score (nSPS) is 30.7. The monoisotopic (exact) mass is 343 g/mol. The summed E-state index contributed by atoms with van der Waals surface area (Å²) >= 11 is 3.21. The van der Waals surface area contributed by atoms with E-state index in [0.717, 1.165) is 19.3 Å². The molecule has 1 N–H and O–H groups in total. The van der Waals surface area contributed by atoms with Gasteiger partial charge in [-0.2, -0.15) is 0 Å². The SMILES string of the molecule is O=C(c1coc(Br)c1)N1CCOCC1C1CCCC1O. The lowest BCUT2D eigenvalue weighted by molar-refractivity contribution is -0.0383. The summed E-state index contributed by atoms with van der Waals surface area (Å²) in [5, 5.41) is 10.1. The molecule has 0 bridgehead atoms. The Kier molecular flexibility index (Phi) is 4.14. The lowest BCUT2D eigenvalue weighted by atomic mass is 9.94. The third-order valence-corrected chi connectivity index (χ3v) is 4.68. The van der Waals surface area contributed by atoms with Crippen LogP contribution in [0.2, 0.25) is 0 Å². The third-order valence-electron chi connectivity index (χ3n) is 4.27. The van der Waals surface area contributed by atoms with Crippen LogP contribution in [0.4, 0.5) is 0 Å². The van der Waals surface area contributed by atoms with Gasteiger partial charge >= 0.3 is 0 Å². The lowest BCUT2D eigenvalue weighted by Crippen LogP contribution is -2.53. The van der Waals surface area contributed by atoms with E-state index in [4.69, 9.17) is 9.15 Å². The first-order valence-corrected chi connectivity index (χ1v) is 7.77. The fourth-order valence-electron chi connectivity index (χ4n) is 3.24. The Morgan fingerprint density at radius 1 is 1.45 bits per heavy atom. The molecular formula is C14H18BrNO4. The highest BCUT2D eigenvalue weighted by Crippen LogP contribution is 2.33. The Labute approximate surface area is 126 Å². The van der Waals surface area contributed by atoms with Crippen molar-refractivity contribution in [1.29, 1.82) is 0 Å². The quantitative estimate of drug-likeness (QED) is 0.892. The van der Waals surface area contributed by atoms with Gasteiger partial charge in [0.15, 0.2) is 4.67 Å². The van der Waals surface area contributed by atoms with Crippen molar-refractivity contribution < 1.29 is 19.1 Å². The first-order valence-electron chi connectivity index (χ1n) is 6.97. The minimum absolute atomic E-state index is 0.0394. The summed E-state index contributed by atoms with van der Waals surface area (Å²) in [6.45, 7) is 1.62. The van der Waals surface area contributed by atoms with Crippen molar-refractivity contribution in [3.05, 3.63) is 22.6 Å². The predicted octanol–water partition coefficient (Wildman–Crippen LogP) is 2.04. The van der Waals surface area contributed by atoms with Crippen LogP contribution in [0.3, 0.4) is 0 Å². The molecule has 3 atom stereocenters. The van der Waals surface area contributed by atoms with E-state index in [1.165, 1.54) is 6.26 Å². The van der Waals surface area contributed by atoms with Gasteiger partial charge in [-0.15, -0.1) is 0 Å². The summed E-state index contributed by atoms with van der Waals surface area (Å²) in [6.07, 6.45) is 3.92. The van der Waals surface area contributed by atoms with Crippen molar-refractivity contribution in [3.8, 4) is 0 Å². The number of amides is 1. The average Bonchev–Trinajstić information content (AvgIpc) is 3.07. The average molecular weight is 344 g/mol. The number of rotatable bonds is 2. The summed E-state index contributed by atoms with van der Waals surface area (Å²) in [7, 11) is 0. The number of furan rings is 1. The molecule has 3 rings (SSSR count). The van der Waals surface area contributed by atoms with Crippen molar-refractivity contribution in [2.24, 2.45) is 5.92 Å². The number of ether oxygens (including phenoxy) is 1. The van der Waals surface area contributed by atoms with Crippen LogP contribution in [0.25, 0.3) is 0 Å². The molecule has 1 aliphatic carbocycles. The fraction of sp³-hybridized carbons (Fsp3) is 0.643. The van der Waals surface area contributed by atoms with E-state index in [-0.39, 0.29) is 24.0 Å². The van der Waals surface area contributed by atoms with Crippen LogP contribution >= 0.6 is 15.9 Å². The third kappa shape index (κ3) is 2.64. The molecule has 1 aliphatic heterocycles. The maximum atomic E-state index is 12.6. The summed E-state index contributed by atoms with van der Waals surface area (Å²) in [6, 6.07) is 1.64. The van der Waals surface area contributed by atoms with Crippen LogP contribution in [0.1, 0.15) is 29.6 Å². The second-order valence-electron chi connectivity index (χ2n) is 5.44. The Morgan fingerprint density at radius 2 is 2.30 bits per heavy atom. The van der Waals surface area contributed by atoms with E-state index in [9.17, 15) is 9.90 Å². The highest BCUT2D eigenvalue weighted by atomic mass is 79.9. The van der Waals surface area contributed by atoms with E-state index < -0.39 is 0 Å². The van der Waals surface area contributed by atoms with E-state index in [1.807, 2.05) is 4.90 Å². The van der Waals surface area contributed by atoms with Crippen molar-refractivity contribution in [2.45, 2.75) is 31.4 Å². The zero-order valence-corrected chi connectivity index (χ0v) is 12.7. The number of aliphatic hydroxyl groups is 1. The van der Waals surface area contributed by atoms with Gasteiger partial charge in [-0.25, -0.2) is 0 Å². The molecule has 1 amide bonds. The van der Waals surface area contributed by atoms with Crippen LogP contribution in [-0.4, -0.2) is 47.8 Å². The second-order valence-corrected chi connectivity index (χ2v) is 6.22. The molecule has 0 spiro atoms. The van der Waals surface area contributed by atoms with Crippen LogP contribution in [0.15, 0.2) is 21.4 Å². The summed E-state index contributed by atoms with van der Waals surface area (Å²) in [4.78, 5) is 14.4. The smallest absolute Gasteiger partial charge is 0.257 e. The number of nitrogens with zero attached hydrogens (tertiary/aromatic N) is 1. The van der Waals surface area contributed by atoms with Crippen molar-refractivity contribution in [2.75, 3.05) is 19.8 Å². The number of aliphatic hydroxyl groups excluding tert-OH is 1. The minimum Gasteiger partial charge on any atom is -0.457 e. The van der Waals surface area contributed by atoms with Crippen molar-refractivity contribution in [1.82, 2.24) is 4.90 Å².